The van der Waals surface area contributed by atoms with Gasteiger partial charge in [-0.05, 0) is 0 Å². The molecule has 150 valence electrons. The summed E-state index contributed by atoms with van der Waals surface area (Å²) in [5.41, 5.74) is 0.985. The van der Waals surface area contributed by atoms with E-state index in [0.29, 0.717) is 10.6 Å². The molecule has 0 aromatic heterocycles. The second-order valence-electron chi connectivity index (χ2n) is 5.96. The van der Waals surface area contributed by atoms with Crippen LogP contribution in [0.25, 0.3) is 0 Å². The van der Waals surface area contributed by atoms with Crippen LogP contribution in [-0.2, 0) is 13.9 Å². The first-order chi connectivity index (χ1) is 13.3. The molecule has 0 saturated heterocycles. The molecular weight excluding hydrogens is 394 g/mol. The Morgan fingerprint density at radius 2 is 1.32 bits per heavy atom. The molecule has 0 aliphatic heterocycles. The summed E-state index contributed by atoms with van der Waals surface area (Å²) in [6.45, 7) is 6.64. The zero-order valence-corrected chi connectivity index (χ0v) is 17.4. The molecule has 2 aromatic rings. The summed E-state index contributed by atoms with van der Waals surface area (Å²) < 4.78 is 24.0. The Morgan fingerprint density at radius 3 is 1.64 bits per heavy atom. The molecule has 2 rings (SSSR count). The van der Waals surface area contributed by atoms with Gasteiger partial charge < -0.3 is 14.0 Å². The first-order valence-electron chi connectivity index (χ1n) is 8.58. The highest BCUT2D eigenvalue weighted by Gasteiger charge is 2.31. The van der Waals surface area contributed by atoms with E-state index in [4.69, 9.17) is 5.84 Å². The lowest BCUT2D eigenvalue weighted by Gasteiger charge is -2.18. The first-order valence-corrected chi connectivity index (χ1v) is 12.5. The van der Waals surface area contributed by atoms with Gasteiger partial charge in [-0.3, -0.25) is 0 Å². The van der Waals surface area contributed by atoms with Gasteiger partial charge in [-0.15, -0.1) is 13.2 Å². The molecule has 8 heteroatoms. The van der Waals surface area contributed by atoms with Gasteiger partial charge in [0, 0.05) is 30.3 Å². The Kier molecular flexibility index (Phi) is 10.0. The van der Waals surface area contributed by atoms with Crippen molar-refractivity contribution in [2.45, 2.75) is 0 Å². The Balaban J connectivity index is 0.000000370. The van der Waals surface area contributed by atoms with Crippen molar-refractivity contribution in [2.24, 2.45) is 5.84 Å². The van der Waals surface area contributed by atoms with Crippen molar-refractivity contribution < 1.29 is 24.2 Å². The molecule has 0 radical (unpaired) electrons. The van der Waals surface area contributed by atoms with Crippen LogP contribution in [-0.4, -0.2) is 24.4 Å². The molecule has 4 N–H and O–H groups in total. The quantitative estimate of drug-likeness (QED) is 0.217. The van der Waals surface area contributed by atoms with Crippen molar-refractivity contribution in [2.75, 3.05) is 18.5 Å². The predicted octanol–water partition coefficient (Wildman–Crippen LogP) is 0.961. The molecule has 0 spiro atoms. The van der Waals surface area contributed by atoms with Gasteiger partial charge in [-0.25, -0.2) is 10.2 Å². The molecule has 0 fully saturated rings. The maximum Gasteiger partial charge on any atom is 0.337 e. The second kappa shape index (κ2) is 11.7. The summed E-state index contributed by atoms with van der Waals surface area (Å²) in [6.07, 6.45) is 2.84. The molecule has 1 amide bonds. The molecule has 28 heavy (non-hydrogen) atoms. The third-order valence-corrected chi connectivity index (χ3v) is 8.38. The number of carbonyl (C=O) groups is 1. The fourth-order valence-electron chi connectivity index (χ4n) is 2.41. The highest BCUT2D eigenvalue weighted by molar-refractivity contribution is 7.79. The lowest BCUT2D eigenvalue weighted by molar-refractivity contribution is -0.578. The highest BCUT2D eigenvalue weighted by atomic mass is 31.2. The van der Waals surface area contributed by atoms with Crippen LogP contribution >= 0.6 is 14.5 Å². The standard InChI is InChI=1S/C14H15N2O2P.C6H11O2P/c15-16-14(17)11-19(18,12-7-3-1-4-8-12)13-9-5-2-6-10-13;1-3-5-9(7,8)6-4-2/h1-10H,11,15H2,(H,16,17);3-4H,1-2,5-6H2,(H,7,8). The van der Waals surface area contributed by atoms with Gasteiger partial charge in [0.15, 0.2) is 7.14 Å². The van der Waals surface area contributed by atoms with E-state index < -0.39 is 14.5 Å². The number of benzene rings is 2. The largest absolute Gasteiger partial charge is 0.799 e. The number of amides is 1. The minimum atomic E-state index is -3.18. The molecule has 6 nitrogen and oxygen atoms in total. The second-order valence-corrected chi connectivity index (χ2v) is 11.1. The maximum absolute atomic E-state index is 13.3. The van der Waals surface area contributed by atoms with Crippen LogP contribution in [0.15, 0.2) is 86.0 Å². The van der Waals surface area contributed by atoms with Gasteiger partial charge in [0.1, 0.15) is 6.16 Å². The van der Waals surface area contributed by atoms with E-state index in [0.717, 1.165) is 5.43 Å². The smallest absolute Gasteiger partial charge is 0.337 e. The van der Waals surface area contributed by atoms with Crippen molar-refractivity contribution in [3.8, 4) is 0 Å². The lowest BCUT2D eigenvalue weighted by Crippen LogP contribution is -2.95. The van der Waals surface area contributed by atoms with Gasteiger partial charge in [0.2, 0.25) is 0 Å². The van der Waals surface area contributed by atoms with E-state index in [9.17, 15) is 18.8 Å². The molecule has 0 saturated carbocycles. The SMILES string of the molecule is C=CCP(=O)([O-])CC=C.N[NH2+]C(=O)CP(=O)(c1ccccc1)c1ccccc1. The number of rotatable bonds is 8. The van der Waals surface area contributed by atoms with Crippen molar-refractivity contribution in [1.29, 1.82) is 0 Å². The summed E-state index contributed by atoms with van der Waals surface area (Å²) in [6, 6.07) is 18.2. The van der Waals surface area contributed by atoms with Gasteiger partial charge in [0.05, 0.1) is 0 Å². The lowest BCUT2D eigenvalue weighted by atomic mass is 10.4. The predicted molar refractivity (Wildman–Crippen MR) is 113 cm³/mol. The molecule has 0 aliphatic carbocycles. The zero-order valence-electron chi connectivity index (χ0n) is 15.6. The fraction of sp³-hybridized carbons (Fsp3) is 0.150. The van der Waals surface area contributed by atoms with Gasteiger partial charge in [-0.2, -0.15) is 5.84 Å². The van der Waals surface area contributed by atoms with E-state index in [2.05, 4.69) is 13.2 Å². The van der Waals surface area contributed by atoms with Crippen molar-refractivity contribution in [3.05, 3.63) is 86.0 Å². The Morgan fingerprint density at radius 1 is 0.929 bits per heavy atom. The first kappa shape index (κ1) is 24.0. The van der Waals surface area contributed by atoms with Gasteiger partial charge >= 0.3 is 5.91 Å². The van der Waals surface area contributed by atoms with Crippen LogP contribution in [0.4, 0.5) is 0 Å². The Labute approximate surface area is 166 Å². The number of hydrogen-bond acceptors (Lipinski definition) is 5. The number of primary amides is 1. The molecule has 0 unspecified atom stereocenters. The van der Waals surface area contributed by atoms with E-state index in [1.165, 1.54) is 12.2 Å². The van der Waals surface area contributed by atoms with Crippen LogP contribution < -0.4 is 26.8 Å². The summed E-state index contributed by atoms with van der Waals surface area (Å²) in [4.78, 5) is 22.3. The van der Waals surface area contributed by atoms with E-state index >= 15 is 0 Å². The summed E-state index contributed by atoms with van der Waals surface area (Å²) in [5.74, 6) is 4.93. The van der Waals surface area contributed by atoms with Crippen LogP contribution in [0.5, 0.6) is 0 Å². The minimum Gasteiger partial charge on any atom is -0.799 e. The summed E-state index contributed by atoms with van der Waals surface area (Å²) >= 11 is 0. The molecule has 0 heterocycles. The maximum atomic E-state index is 13.3. The topological polar surface area (TPSA) is 117 Å². The number of quaternary nitrogens is 1. The van der Waals surface area contributed by atoms with Gasteiger partial charge in [-0.1, -0.05) is 72.8 Å². The summed E-state index contributed by atoms with van der Waals surface area (Å²) in [5, 5.41) is 1.35. The fourth-order valence-corrected chi connectivity index (χ4v) is 5.86. The summed E-state index contributed by atoms with van der Waals surface area (Å²) in [7, 11) is -6.14. The van der Waals surface area contributed by atoms with E-state index in [1.54, 1.807) is 24.3 Å². The number of allylic oxidation sites excluding steroid dienone is 2. The van der Waals surface area contributed by atoms with Crippen LogP contribution in [0.3, 0.4) is 0 Å². The monoisotopic (exact) mass is 420 g/mol. The van der Waals surface area contributed by atoms with E-state index in [-0.39, 0.29) is 24.4 Å². The normalized spacial score (nSPS) is 11.1. The van der Waals surface area contributed by atoms with E-state index in [1.807, 2.05) is 36.4 Å². The van der Waals surface area contributed by atoms with Crippen LogP contribution in [0.2, 0.25) is 0 Å². The molecule has 0 atom stereocenters. The minimum absolute atomic E-state index is 0.0685. The number of hydrogen-bond donors (Lipinski definition) is 2. The molecule has 2 aromatic carbocycles. The molecule has 0 aliphatic rings. The Bertz CT molecular complexity index is 813. The number of carbonyl (C=O) groups excluding carboxylic acids is 1. The zero-order chi connectivity index (χ0) is 21.0. The highest BCUT2D eigenvalue weighted by Crippen LogP contribution is 2.42. The van der Waals surface area contributed by atoms with Crippen molar-refractivity contribution in [3.63, 3.8) is 0 Å². The van der Waals surface area contributed by atoms with Crippen LogP contribution in [0.1, 0.15) is 0 Å². The Hall–Kier alpha value is -2.07. The van der Waals surface area contributed by atoms with Crippen molar-refractivity contribution >= 4 is 31.0 Å². The molecule has 0 bridgehead atoms. The average molecular weight is 420 g/mol. The van der Waals surface area contributed by atoms with Crippen molar-refractivity contribution in [1.82, 2.24) is 0 Å². The third kappa shape index (κ3) is 7.51. The average Bonchev–Trinajstić information content (AvgIpc) is 2.69. The van der Waals surface area contributed by atoms with Gasteiger partial charge in [0.25, 0.3) is 0 Å². The molecular formula is C20H26N2O4P2. The number of nitrogens with two attached hydrogens (primary N) is 2. The third-order valence-electron chi connectivity index (χ3n) is 3.73. The van der Waals surface area contributed by atoms with Crippen LogP contribution in [0, 0.1) is 0 Å².